The second-order valence-corrected chi connectivity index (χ2v) is 24.1. The molecule has 0 aromatic carbocycles. The van der Waals surface area contributed by atoms with E-state index in [0.29, 0.717) is 19.3 Å². The number of esters is 3. The van der Waals surface area contributed by atoms with Crippen molar-refractivity contribution in [1.29, 1.82) is 0 Å². The van der Waals surface area contributed by atoms with Gasteiger partial charge in [0, 0.05) is 19.3 Å². The number of allylic oxidation sites excluding steroid dienone is 14. The Hall–Kier alpha value is -3.41. The number of ether oxygens (including phenoxy) is 3. The quantitative estimate of drug-likeness (QED) is 0.0261. The highest BCUT2D eigenvalue weighted by Gasteiger charge is 2.19. The van der Waals surface area contributed by atoms with E-state index in [4.69, 9.17) is 14.2 Å². The van der Waals surface area contributed by atoms with Crippen molar-refractivity contribution < 1.29 is 28.6 Å². The van der Waals surface area contributed by atoms with E-state index in [1.165, 1.54) is 225 Å². The average molecular weight is 1160 g/mol. The summed E-state index contributed by atoms with van der Waals surface area (Å²) >= 11 is 0. The van der Waals surface area contributed by atoms with E-state index in [2.05, 4.69) is 106 Å². The molecule has 0 aliphatic carbocycles. The van der Waals surface area contributed by atoms with Gasteiger partial charge in [-0.3, -0.25) is 14.4 Å². The van der Waals surface area contributed by atoms with Crippen molar-refractivity contribution in [1.82, 2.24) is 0 Å². The van der Waals surface area contributed by atoms with Crippen LogP contribution >= 0.6 is 0 Å². The van der Waals surface area contributed by atoms with Gasteiger partial charge in [0.25, 0.3) is 0 Å². The molecule has 0 bridgehead atoms. The molecule has 0 N–H and O–H groups in total. The topological polar surface area (TPSA) is 78.9 Å². The van der Waals surface area contributed by atoms with Gasteiger partial charge in [-0.2, -0.15) is 0 Å². The van der Waals surface area contributed by atoms with Crippen LogP contribution in [-0.2, 0) is 28.6 Å². The van der Waals surface area contributed by atoms with Crippen molar-refractivity contribution in [3.63, 3.8) is 0 Å². The number of hydrogen-bond acceptors (Lipinski definition) is 6. The highest BCUT2D eigenvalue weighted by molar-refractivity contribution is 5.71. The Morgan fingerprint density at radius 3 is 0.747 bits per heavy atom. The Morgan fingerprint density at radius 1 is 0.253 bits per heavy atom. The number of carbonyl (C=O) groups excluding carboxylic acids is 3. The van der Waals surface area contributed by atoms with Crippen LogP contribution < -0.4 is 0 Å². The van der Waals surface area contributed by atoms with Crippen LogP contribution in [0.15, 0.2) is 85.1 Å². The number of unbranched alkanes of at least 4 members (excludes halogenated alkanes) is 41. The monoisotopic (exact) mass is 1160 g/mol. The molecular formula is C77H136O6. The molecule has 6 heteroatoms. The summed E-state index contributed by atoms with van der Waals surface area (Å²) in [6.07, 6.45) is 94.6. The maximum atomic E-state index is 13.0. The third-order valence-corrected chi connectivity index (χ3v) is 15.9. The second-order valence-electron chi connectivity index (χ2n) is 24.1. The van der Waals surface area contributed by atoms with E-state index in [1.54, 1.807) is 0 Å². The standard InChI is InChI=1S/C77H136O6/c1-4-7-10-13-16-19-22-25-28-31-33-35-36-37-38-39-40-42-43-46-49-52-55-58-61-64-67-70-76(79)82-73-74(72-81-75(78)69-66-63-60-57-54-51-48-45-30-27-24-21-18-15-12-9-6-3)83-77(80)71-68-65-62-59-56-53-50-47-44-41-34-32-29-26-23-20-17-14-11-8-5-2/h7,10,16,19,25,28,32-35,37-38,40,42,74H,4-6,8-9,11-15,17-18,20-24,26-27,29-31,36,39,41,43-73H2,1-3H3/b10-7-,19-16-,28-25-,34-32-,35-33-,38-37-,42-40-. The summed E-state index contributed by atoms with van der Waals surface area (Å²) < 4.78 is 17.0. The van der Waals surface area contributed by atoms with Crippen LogP contribution in [0.4, 0.5) is 0 Å². The molecule has 0 spiro atoms. The lowest BCUT2D eigenvalue weighted by Crippen LogP contribution is -2.30. The highest BCUT2D eigenvalue weighted by atomic mass is 16.6. The predicted molar refractivity (Wildman–Crippen MR) is 362 cm³/mol. The van der Waals surface area contributed by atoms with Gasteiger partial charge in [0.1, 0.15) is 13.2 Å². The van der Waals surface area contributed by atoms with E-state index >= 15 is 0 Å². The molecule has 0 radical (unpaired) electrons. The number of rotatable bonds is 66. The first kappa shape index (κ1) is 79.6. The van der Waals surface area contributed by atoms with E-state index < -0.39 is 6.10 Å². The summed E-state index contributed by atoms with van der Waals surface area (Å²) in [6, 6.07) is 0. The summed E-state index contributed by atoms with van der Waals surface area (Å²) in [5.74, 6) is -0.864. The Balaban J connectivity index is 4.35. The van der Waals surface area contributed by atoms with Gasteiger partial charge in [-0.15, -0.1) is 0 Å². The highest BCUT2D eigenvalue weighted by Crippen LogP contribution is 2.18. The second kappa shape index (κ2) is 71.1. The van der Waals surface area contributed by atoms with Crippen LogP contribution in [0, 0.1) is 0 Å². The van der Waals surface area contributed by atoms with Gasteiger partial charge < -0.3 is 14.2 Å². The Kier molecular flexibility index (Phi) is 68.2. The zero-order chi connectivity index (χ0) is 59.9. The minimum atomic E-state index is -0.782. The molecular weight excluding hydrogens is 1020 g/mol. The first-order valence-electron chi connectivity index (χ1n) is 36.1. The van der Waals surface area contributed by atoms with Crippen molar-refractivity contribution >= 4 is 17.9 Å². The molecule has 1 unspecified atom stereocenters. The van der Waals surface area contributed by atoms with Crippen LogP contribution in [0.5, 0.6) is 0 Å². The average Bonchev–Trinajstić information content (AvgIpc) is 3.49. The Morgan fingerprint density at radius 2 is 0.470 bits per heavy atom. The molecule has 0 fully saturated rings. The molecule has 6 nitrogen and oxygen atoms in total. The molecule has 0 heterocycles. The largest absolute Gasteiger partial charge is 0.462 e. The van der Waals surface area contributed by atoms with Gasteiger partial charge in [0.15, 0.2) is 6.10 Å². The van der Waals surface area contributed by atoms with Crippen molar-refractivity contribution in [3.05, 3.63) is 85.1 Å². The van der Waals surface area contributed by atoms with Crippen molar-refractivity contribution in [2.24, 2.45) is 0 Å². The molecule has 0 aromatic heterocycles. The minimum Gasteiger partial charge on any atom is -0.462 e. The van der Waals surface area contributed by atoms with Gasteiger partial charge in [-0.25, -0.2) is 0 Å². The van der Waals surface area contributed by atoms with Crippen molar-refractivity contribution in [2.45, 2.75) is 374 Å². The molecule has 0 aliphatic heterocycles. The lowest BCUT2D eigenvalue weighted by molar-refractivity contribution is -0.167. The smallest absolute Gasteiger partial charge is 0.306 e. The van der Waals surface area contributed by atoms with Crippen LogP contribution in [-0.4, -0.2) is 37.2 Å². The minimum absolute atomic E-state index is 0.0756. The van der Waals surface area contributed by atoms with Crippen LogP contribution in [0.1, 0.15) is 367 Å². The van der Waals surface area contributed by atoms with E-state index in [1.807, 2.05) is 0 Å². The third kappa shape index (κ3) is 69.3. The first-order chi connectivity index (χ1) is 41.0. The number of carbonyl (C=O) groups is 3. The van der Waals surface area contributed by atoms with Crippen LogP contribution in [0.2, 0.25) is 0 Å². The lowest BCUT2D eigenvalue weighted by atomic mass is 10.0. The van der Waals surface area contributed by atoms with Crippen LogP contribution in [0.25, 0.3) is 0 Å². The molecule has 0 saturated carbocycles. The molecule has 0 rings (SSSR count). The fourth-order valence-electron chi connectivity index (χ4n) is 10.5. The molecule has 0 aromatic rings. The summed E-state index contributed by atoms with van der Waals surface area (Å²) in [5.41, 5.74) is 0. The molecule has 83 heavy (non-hydrogen) atoms. The summed E-state index contributed by atoms with van der Waals surface area (Å²) in [7, 11) is 0. The first-order valence-corrected chi connectivity index (χ1v) is 36.1. The Bertz CT molecular complexity index is 1570. The summed E-state index contributed by atoms with van der Waals surface area (Å²) in [6.45, 7) is 6.58. The third-order valence-electron chi connectivity index (χ3n) is 15.9. The fourth-order valence-corrected chi connectivity index (χ4v) is 10.5. The molecule has 0 saturated heterocycles. The molecule has 0 aliphatic rings. The van der Waals surface area contributed by atoms with Crippen LogP contribution in [0.3, 0.4) is 0 Å². The SMILES string of the molecule is CC/C=C\C/C=C\C/C=C\C/C=C\C/C=C\C/C=C\CCCCCCCCCCC(=O)OCC(COC(=O)CCCCCCCCCCCCCCCCCCC)OC(=O)CCCCCCCCCCC/C=C\CCCCCCCCCC. The van der Waals surface area contributed by atoms with Crippen molar-refractivity contribution in [2.75, 3.05) is 13.2 Å². The lowest BCUT2D eigenvalue weighted by Gasteiger charge is -2.18. The molecule has 1 atom stereocenters. The maximum absolute atomic E-state index is 13.0. The zero-order valence-corrected chi connectivity index (χ0v) is 55.2. The summed E-state index contributed by atoms with van der Waals surface area (Å²) in [4.78, 5) is 38.5. The van der Waals surface area contributed by atoms with Gasteiger partial charge in [-0.05, 0) is 96.3 Å². The van der Waals surface area contributed by atoms with Gasteiger partial charge in [0.05, 0.1) is 0 Å². The van der Waals surface area contributed by atoms with Gasteiger partial charge in [-0.1, -0.05) is 337 Å². The normalized spacial score (nSPS) is 12.6. The van der Waals surface area contributed by atoms with E-state index in [0.717, 1.165) is 103 Å². The van der Waals surface area contributed by atoms with E-state index in [-0.39, 0.29) is 31.1 Å². The molecule has 480 valence electrons. The van der Waals surface area contributed by atoms with Crippen molar-refractivity contribution in [3.8, 4) is 0 Å². The number of hydrogen-bond donors (Lipinski definition) is 0. The van der Waals surface area contributed by atoms with E-state index in [9.17, 15) is 14.4 Å². The predicted octanol–water partition coefficient (Wildman–Crippen LogP) is 25.0. The fraction of sp³-hybridized carbons (Fsp3) is 0.779. The summed E-state index contributed by atoms with van der Waals surface area (Å²) in [5, 5.41) is 0. The zero-order valence-electron chi connectivity index (χ0n) is 55.2. The maximum Gasteiger partial charge on any atom is 0.306 e. The Labute approximate surface area is 515 Å². The van der Waals surface area contributed by atoms with Gasteiger partial charge in [0.2, 0.25) is 0 Å². The van der Waals surface area contributed by atoms with Gasteiger partial charge >= 0.3 is 17.9 Å². The molecule has 0 amide bonds.